The number of likely N-dealkylation sites (N-methyl/N-ethyl adjacent to an activating group) is 1. The van der Waals surface area contributed by atoms with Crippen LogP contribution in [0.15, 0.2) is 48.5 Å². The molecule has 0 saturated carbocycles. The normalized spacial score (nSPS) is 19.2. The van der Waals surface area contributed by atoms with Gasteiger partial charge in [0.1, 0.15) is 13.2 Å². The van der Waals surface area contributed by atoms with Crippen LogP contribution in [-0.4, -0.2) is 66.4 Å². The molecule has 1 fully saturated rings. The fourth-order valence-corrected chi connectivity index (χ4v) is 4.46. The van der Waals surface area contributed by atoms with Crippen LogP contribution in [0.2, 0.25) is 0 Å². The van der Waals surface area contributed by atoms with Gasteiger partial charge in [0, 0.05) is 19.1 Å². The topological polar surface area (TPSA) is 105 Å². The molecule has 32 heavy (non-hydrogen) atoms. The Labute approximate surface area is 186 Å². The van der Waals surface area contributed by atoms with E-state index in [2.05, 4.69) is 17.4 Å². The van der Waals surface area contributed by atoms with Crippen molar-refractivity contribution in [3.05, 3.63) is 59.7 Å². The molecule has 0 unspecified atom stereocenters. The Morgan fingerprint density at radius 2 is 1.72 bits per heavy atom. The van der Waals surface area contributed by atoms with E-state index in [0.29, 0.717) is 13.0 Å². The summed E-state index contributed by atoms with van der Waals surface area (Å²) in [7, 11) is 0. The minimum Gasteiger partial charge on any atom is -0.480 e. The summed E-state index contributed by atoms with van der Waals surface area (Å²) in [5.41, 5.74) is 4.52. The number of carboxylic acid groups (broad SMARTS) is 1. The maximum atomic E-state index is 12.7. The number of rotatable bonds is 7. The molecule has 1 aliphatic carbocycles. The van der Waals surface area contributed by atoms with Gasteiger partial charge in [-0.2, -0.15) is 0 Å². The van der Waals surface area contributed by atoms with Crippen LogP contribution in [0.4, 0.5) is 4.79 Å². The van der Waals surface area contributed by atoms with Crippen molar-refractivity contribution in [3.63, 3.8) is 0 Å². The molecular formula is C24H26N2O6. The second-order valence-electron chi connectivity index (χ2n) is 7.90. The molecule has 0 aromatic heterocycles. The van der Waals surface area contributed by atoms with Crippen molar-refractivity contribution < 1.29 is 29.0 Å². The third kappa shape index (κ3) is 4.31. The highest BCUT2D eigenvalue weighted by atomic mass is 16.6. The van der Waals surface area contributed by atoms with Crippen LogP contribution in [0.5, 0.6) is 0 Å². The number of alkyl carbamates (subject to hydrolysis) is 1. The molecule has 1 aliphatic heterocycles. The van der Waals surface area contributed by atoms with Gasteiger partial charge in [-0.15, -0.1) is 0 Å². The first kappa shape index (κ1) is 21.8. The van der Waals surface area contributed by atoms with Gasteiger partial charge in [0.25, 0.3) is 5.91 Å². The first-order valence-corrected chi connectivity index (χ1v) is 10.7. The summed E-state index contributed by atoms with van der Waals surface area (Å²) in [5, 5.41) is 11.7. The van der Waals surface area contributed by atoms with Crippen LogP contribution in [0.3, 0.4) is 0 Å². The summed E-state index contributed by atoms with van der Waals surface area (Å²) in [6, 6.07) is 15.6. The molecule has 1 heterocycles. The summed E-state index contributed by atoms with van der Waals surface area (Å²) in [6.07, 6.45) is -1.10. The Bertz CT molecular complexity index is 978. The number of aliphatic carboxylic acids is 1. The number of benzene rings is 2. The Hall–Kier alpha value is -3.39. The van der Waals surface area contributed by atoms with Gasteiger partial charge >= 0.3 is 12.1 Å². The number of carboxylic acids is 1. The minimum absolute atomic E-state index is 0.0587. The zero-order chi connectivity index (χ0) is 22.7. The monoisotopic (exact) mass is 438 g/mol. The van der Waals surface area contributed by atoms with Crippen molar-refractivity contribution in [3.8, 4) is 11.1 Å². The van der Waals surface area contributed by atoms with E-state index in [1.54, 1.807) is 6.92 Å². The largest absolute Gasteiger partial charge is 0.480 e. The molecule has 2 amide bonds. The van der Waals surface area contributed by atoms with Crippen LogP contribution >= 0.6 is 0 Å². The summed E-state index contributed by atoms with van der Waals surface area (Å²) in [5.74, 6) is -1.60. The number of hydrogen-bond donors (Lipinski definition) is 2. The SMILES string of the molecule is CCN(CC(=O)O)C(=O)[C@H]1OCC[C@H]1NC(=O)OCC1c2ccccc2-c2ccccc21. The van der Waals surface area contributed by atoms with Gasteiger partial charge in [-0.25, -0.2) is 4.79 Å². The number of nitrogens with one attached hydrogen (secondary N) is 1. The number of fused-ring (bicyclic) bond motifs is 3. The van der Waals surface area contributed by atoms with Crippen molar-refractivity contribution in [2.75, 3.05) is 26.3 Å². The number of carbonyl (C=O) groups excluding carboxylic acids is 2. The minimum atomic E-state index is -1.10. The van der Waals surface area contributed by atoms with Crippen LogP contribution in [0, 0.1) is 0 Å². The first-order valence-electron chi connectivity index (χ1n) is 10.7. The highest BCUT2D eigenvalue weighted by Crippen LogP contribution is 2.44. The smallest absolute Gasteiger partial charge is 0.407 e. The van der Waals surface area contributed by atoms with Gasteiger partial charge in [-0.1, -0.05) is 48.5 Å². The molecule has 2 aromatic rings. The van der Waals surface area contributed by atoms with E-state index in [4.69, 9.17) is 14.6 Å². The van der Waals surface area contributed by atoms with Crippen LogP contribution in [0.1, 0.15) is 30.4 Å². The van der Waals surface area contributed by atoms with E-state index >= 15 is 0 Å². The first-order chi connectivity index (χ1) is 15.5. The van der Waals surface area contributed by atoms with Gasteiger partial charge in [-0.3, -0.25) is 9.59 Å². The average Bonchev–Trinajstić information content (AvgIpc) is 3.38. The predicted octanol–water partition coefficient (Wildman–Crippen LogP) is 2.62. The molecule has 1 saturated heterocycles. The Balaban J connectivity index is 1.39. The third-order valence-corrected chi connectivity index (χ3v) is 6.00. The molecule has 4 rings (SSSR count). The molecule has 2 aromatic carbocycles. The highest BCUT2D eigenvalue weighted by molar-refractivity contribution is 5.86. The molecule has 0 spiro atoms. The lowest BCUT2D eigenvalue weighted by atomic mass is 9.98. The second-order valence-corrected chi connectivity index (χ2v) is 7.90. The zero-order valence-corrected chi connectivity index (χ0v) is 17.8. The number of hydrogen-bond acceptors (Lipinski definition) is 5. The lowest BCUT2D eigenvalue weighted by molar-refractivity contribution is -0.149. The molecule has 2 N–H and O–H groups in total. The van der Waals surface area contributed by atoms with Crippen molar-refractivity contribution in [1.82, 2.24) is 10.2 Å². The van der Waals surface area contributed by atoms with Crippen molar-refractivity contribution in [2.24, 2.45) is 0 Å². The molecule has 8 nitrogen and oxygen atoms in total. The van der Waals surface area contributed by atoms with Gasteiger partial charge in [-0.05, 0) is 35.6 Å². The molecular weight excluding hydrogens is 412 g/mol. The molecule has 2 atom stereocenters. The molecule has 2 aliphatic rings. The van der Waals surface area contributed by atoms with Crippen molar-refractivity contribution in [1.29, 1.82) is 0 Å². The van der Waals surface area contributed by atoms with Crippen molar-refractivity contribution in [2.45, 2.75) is 31.4 Å². The Morgan fingerprint density at radius 3 is 2.31 bits per heavy atom. The number of ether oxygens (including phenoxy) is 2. The van der Waals surface area contributed by atoms with E-state index in [1.807, 2.05) is 36.4 Å². The lowest BCUT2D eigenvalue weighted by Gasteiger charge is -2.25. The molecule has 8 heteroatoms. The van der Waals surface area contributed by atoms with Crippen LogP contribution < -0.4 is 5.32 Å². The second kappa shape index (κ2) is 9.40. The molecule has 168 valence electrons. The summed E-state index contributed by atoms with van der Waals surface area (Å²) >= 11 is 0. The van der Waals surface area contributed by atoms with E-state index in [0.717, 1.165) is 22.3 Å². The number of carbonyl (C=O) groups is 3. The maximum Gasteiger partial charge on any atom is 0.407 e. The Kier molecular flexibility index (Phi) is 6.41. The van der Waals surface area contributed by atoms with Gasteiger partial charge in [0.2, 0.25) is 0 Å². The predicted molar refractivity (Wildman–Crippen MR) is 116 cm³/mol. The highest BCUT2D eigenvalue weighted by Gasteiger charge is 2.38. The van der Waals surface area contributed by atoms with E-state index in [1.165, 1.54) is 4.90 Å². The quantitative estimate of drug-likeness (QED) is 0.689. The fourth-order valence-electron chi connectivity index (χ4n) is 4.46. The summed E-state index contributed by atoms with van der Waals surface area (Å²) in [6.45, 7) is 2.00. The Morgan fingerprint density at radius 1 is 1.09 bits per heavy atom. The van der Waals surface area contributed by atoms with Crippen LogP contribution in [0.25, 0.3) is 11.1 Å². The van der Waals surface area contributed by atoms with Crippen molar-refractivity contribution >= 4 is 18.0 Å². The fraction of sp³-hybridized carbons (Fsp3) is 0.375. The standard InChI is InChI=1S/C24H26N2O6/c1-2-26(13-21(27)28)23(29)22-20(11-12-31-22)25-24(30)32-14-19-17-9-5-3-7-15(17)16-8-4-6-10-18(16)19/h3-10,19-20,22H,2,11-14H2,1H3,(H,25,30)(H,27,28)/t20-,22+/m1/s1. The third-order valence-electron chi connectivity index (χ3n) is 6.00. The number of amides is 2. The van der Waals surface area contributed by atoms with E-state index < -0.39 is 36.7 Å². The van der Waals surface area contributed by atoms with Crippen LogP contribution in [-0.2, 0) is 19.1 Å². The number of nitrogens with zero attached hydrogens (tertiary/aromatic N) is 1. The average molecular weight is 438 g/mol. The zero-order valence-electron chi connectivity index (χ0n) is 17.8. The summed E-state index contributed by atoms with van der Waals surface area (Å²) < 4.78 is 11.1. The lowest BCUT2D eigenvalue weighted by Crippen LogP contribution is -2.50. The molecule has 0 radical (unpaired) electrons. The molecule has 0 bridgehead atoms. The van der Waals surface area contributed by atoms with Gasteiger partial charge in [0.05, 0.1) is 6.04 Å². The summed E-state index contributed by atoms with van der Waals surface area (Å²) in [4.78, 5) is 37.5. The van der Waals surface area contributed by atoms with Gasteiger partial charge < -0.3 is 24.8 Å². The maximum absolute atomic E-state index is 12.7. The van der Waals surface area contributed by atoms with E-state index in [-0.39, 0.29) is 19.1 Å². The van der Waals surface area contributed by atoms with Gasteiger partial charge in [0.15, 0.2) is 6.10 Å². The van der Waals surface area contributed by atoms with E-state index in [9.17, 15) is 14.4 Å².